The Morgan fingerprint density at radius 1 is 1.30 bits per heavy atom. The van der Waals surface area contributed by atoms with E-state index in [0.717, 1.165) is 20.2 Å². The Morgan fingerprint density at radius 3 is 2.50 bits per heavy atom. The number of thioether (sulfide) groups is 1. The summed E-state index contributed by atoms with van der Waals surface area (Å²) >= 11 is 8.42. The zero-order chi connectivity index (χ0) is 14.7. The standard InChI is InChI=1S/C12H12Br2N2O2S2/c1-6-2-7(13)11(8(14)3-6)16-9-4-20(17,18)5-10(9)19-12(16)15/h2-3,9-10,15H,4-5H2,1H3. The number of fused-ring (bicyclic) bond motifs is 1. The number of halogens is 2. The Labute approximate surface area is 139 Å². The lowest BCUT2D eigenvalue weighted by Gasteiger charge is -2.26. The minimum Gasteiger partial charge on any atom is -0.314 e. The summed E-state index contributed by atoms with van der Waals surface area (Å²) in [6, 6.07) is 3.82. The molecule has 0 amide bonds. The molecule has 3 rings (SSSR count). The van der Waals surface area contributed by atoms with E-state index in [4.69, 9.17) is 5.41 Å². The summed E-state index contributed by atoms with van der Waals surface area (Å²) in [4.78, 5) is 1.84. The Kier molecular flexibility index (Phi) is 3.72. The molecular weight excluding hydrogens is 428 g/mol. The predicted molar refractivity (Wildman–Crippen MR) is 90.6 cm³/mol. The zero-order valence-corrected chi connectivity index (χ0v) is 15.4. The smallest absolute Gasteiger partial charge is 0.161 e. The number of hydrogen-bond acceptors (Lipinski definition) is 4. The van der Waals surface area contributed by atoms with Crippen molar-refractivity contribution in [2.24, 2.45) is 0 Å². The highest BCUT2D eigenvalue weighted by molar-refractivity contribution is 9.11. The van der Waals surface area contributed by atoms with E-state index in [9.17, 15) is 8.42 Å². The summed E-state index contributed by atoms with van der Waals surface area (Å²) < 4.78 is 25.4. The Bertz CT molecular complexity index is 682. The molecule has 0 radical (unpaired) electrons. The summed E-state index contributed by atoms with van der Waals surface area (Å²) in [5.74, 6) is 0.294. The number of nitrogens with zero attached hydrogens (tertiary/aromatic N) is 1. The van der Waals surface area contributed by atoms with Gasteiger partial charge in [0.2, 0.25) is 0 Å². The van der Waals surface area contributed by atoms with Gasteiger partial charge in [0.25, 0.3) is 0 Å². The Hall–Kier alpha value is -0.0500. The average Bonchev–Trinajstić information content (AvgIpc) is 2.70. The van der Waals surface area contributed by atoms with Crippen LogP contribution in [0.2, 0.25) is 0 Å². The second-order valence-corrected chi connectivity index (χ2v) is 10.1. The summed E-state index contributed by atoms with van der Waals surface area (Å²) in [6.07, 6.45) is 0. The maximum absolute atomic E-state index is 11.8. The molecule has 4 nitrogen and oxygen atoms in total. The van der Waals surface area contributed by atoms with Crippen molar-refractivity contribution in [3.05, 3.63) is 26.6 Å². The average molecular weight is 440 g/mol. The predicted octanol–water partition coefficient (Wildman–Crippen LogP) is 3.17. The SMILES string of the molecule is Cc1cc(Br)c(N2C(=N)SC3CS(=O)(=O)CC32)c(Br)c1. The van der Waals surface area contributed by atoms with Crippen molar-refractivity contribution in [3.8, 4) is 0 Å². The molecule has 2 unspecified atom stereocenters. The summed E-state index contributed by atoms with van der Waals surface area (Å²) in [5, 5.41) is 8.55. The van der Waals surface area contributed by atoms with Crippen LogP contribution in [0.15, 0.2) is 21.1 Å². The van der Waals surface area contributed by atoms with E-state index in [2.05, 4.69) is 31.9 Å². The molecule has 20 heavy (non-hydrogen) atoms. The fourth-order valence-corrected chi connectivity index (χ4v) is 8.27. The minimum absolute atomic E-state index is 0.0346. The first-order valence-electron chi connectivity index (χ1n) is 5.99. The van der Waals surface area contributed by atoms with Crippen molar-refractivity contribution in [1.29, 1.82) is 5.41 Å². The fraction of sp³-hybridized carbons (Fsp3) is 0.417. The van der Waals surface area contributed by atoms with Crippen LogP contribution < -0.4 is 4.90 Å². The van der Waals surface area contributed by atoms with Crippen molar-refractivity contribution in [3.63, 3.8) is 0 Å². The molecule has 0 spiro atoms. The molecule has 1 N–H and O–H groups in total. The maximum atomic E-state index is 11.8. The van der Waals surface area contributed by atoms with Gasteiger partial charge >= 0.3 is 0 Å². The van der Waals surface area contributed by atoms with Gasteiger partial charge in [0, 0.05) is 14.2 Å². The van der Waals surface area contributed by atoms with Crippen molar-refractivity contribution < 1.29 is 8.42 Å². The van der Waals surface area contributed by atoms with Gasteiger partial charge in [-0.1, -0.05) is 11.8 Å². The van der Waals surface area contributed by atoms with Gasteiger partial charge < -0.3 is 4.90 Å². The van der Waals surface area contributed by atoms with Crippen molar-refractivity contribution >= 4 is 64.3 Å². The lowest BCUT2D eigenvalue weighted by atomic mass is 10.1. The third-order valence-corrected chi connectivity index (χ3v) is 7.83. The number of amidine groups is 1. The molecule has 0 aromatic heterocycles. The van der Waals surface area contributed by atoms with E-state index in [-0.39, 0.29) is 22.8 Å². The summed E-state index contributed by atoms with van der Waals surface area (Å²) in [5.41, 5.74) is 1.94. The molecule has 108 valence electrons. The van der Waals surface area contributed by atoms with Crippen LogP contribution in [0.3, 0.4) is 0 Å². The third kappa shape index (κ3) is 2.44. The zero-order valence-electron chi connectivity index (χ0n) is 10.6. The van der Waals surface area contributed by atoms with Gasteiger partial charge in [-0.25, -0.2) is 8.42 Å². The molecule has 8 heteroatoms. The van der Waals surface area contributed by atoms with Crippen LogP contribution in [-0.4, -0.2) is 36.4 Å². The highest BCUT2D eigenvalue weighted by Crippen LogP contribution is 2.45. The molecule has 1 aromatic rings. The van der Waals surface area contributed by atoms with Gasteiger partial charge in [-0.3, -0.25) is 5.41 Å². The molecule has 0 saturated carbocycles. The lowest BCUT2D eigenvalue weighted by Crippen LogP contribution is -2.37. The number of sulfone groups is 1. The van der Waals surface area contributed by atoms with Gasteiger partial charge in [0.15, 0.2) is 15.0 Å². The van der Waals surface area contributed by atoms with Crippen molar-refractivity contribution in [1.82, 2.24) is 0 Å². The first-order valence-corrected chi connectivity index (χ1v) is 10.3. The van der Waals surface area contributed by atoms with Gasteiger partial charge in [0.05, 0.1) is 23.2 Å². The molecule has 0 bridgehead atoms. The van der Waals surface area contributed by atoms with E-state index >= 15 is 0 Å². The molecule has 2 heterocycles. The van der Waals surface area contributed by atoms with Crippen LogP contribution >= 0.6 is 43.6 Å². The topological polar surface area (TPSA) is 61.2 Å². The van der Waals surface area contributed by atoms with Crippen molar-refractivity contribution in [2.75, 3.05) is 16.4 Å². The van der Waals surface area contributed by atoms with Crippen LogP contribution in [0.4, 0.5) is 5.69 Å². The molecule has 2 saturated heterocycles. The van der Waals surface area contributed by atoms with Crippen molar-refractivity contribution in [2.45, 2.75) is 18.2 Å². The summed E-state index contributed by atoms with van der Waals surface area (Å²) in [7, 11) is -2.99. The number of nitrogens with one attached hydrogen (secondary N) is 1. The van der Waals surface area contributed by atoms with Gasteiger partial charge in [-0.05, 0) is 56.5 Å². The molecular formula is C12H12Br2N2O2S2. The van der Waals surface area contributed by atoms with E-state index in [1.807, 2.05) is 24.0 Å². The molecule has 2 aliphatic rings. The lowest BCUT2D eigenvalue weighted by molar-refractivity contribution is 0.601. The van der Waals surface area contributed by atoms with E-state index in [0.29, 0.717) is 5.17 Å². The van der Waals surface area contributed by atoms with Gasteiger partial charge in [-0.15, -0.1) is 0 Å². The highest BCUT2D eigenvalue weighted by atomic mass is 79.9. The van der Waals surface area contributed by atoms with E-state index in [1.54, 1.807) is 0 Å². The number of anilines is 1. The Balaban J connectivity index is 2.08. The Morgan fingerprint density at radius 2 is 1.90 bits per heavy atom. The van der Waals surface area contributed by atoms with Gasteiger partial charge in [-0.2, -0.15) is 0 Å². The maximum Gasteiger partial charge on any atom is 0.161 e. The number of benzene rings is 1. The second-order valence-electron chi connectivity index (χ2n) is 5.05. The van der Waals surface area contributed by atoms with E-state index in [1.165, 1.54) is 11.8 Å². The third-order valence-electron chi connectivity index (χ3n) is 3.49. The molecule has 0 aliphatic carbocycles. The monoisotopic (exact) mass is 438 g/mol. The quantitative estimate of drug-likeness (QED) is 0.729. The van der Waals surface area contributed by atoms with Crippen LogP contribution in [0.25, 0.3) is 0 Å². The van der Waals surface area contributed by atoms with Crippen LogP contribution in [0.1, 0.15) is 5.56 Å². The molecule has 2 fully saturated rings. The first kappa shape index (κ1) is 14.9. The number of aryl methyl sites for hydroxylation is 1. The molecule has 2 aliphatic heterocycles. The fourth-order valence-electron chi connectivity index (χ4n) is 2.69. The van der Waals surface area contributed by atoms with Crippen LogP contribution in [0.5, 0.6) is 0 Å². The van der Waals surface area contributed by atoms with Crippen LogP contribution in [-0.2, 0) is 9.84 Å². The van der Waals surface area contributed by atoms with Gasteiger partial charge in [0.1, 0.15) is 0 Å². The highest BCUT2D eigenvalue weighted by Gasteiger charge is 2.49. The number of hydrogen-bond donors (Lipinski definition) is 1. The summed E-state index contributed by atoms with van der Waals surface area (Å²) in [6.45, 7) is 1.99. The first-order chi connectivity index (χ1) is 9.28. The largest absolute Gasteiger partial charge is 0.314 e. The minimum atomic E-state index is -2.99. The second kappa shape index (κ2) is 5.00. The molecule has 2 atom stereocenters. The molecule has 1 aromatic carbocycles. The number of rotatable bonds is 1. The van der Waals surface area contributed by atoms with Crippen LogP contribution in [0, 0.1) is 12.3 Å². The normalized spacial score (nSPS) is 27.9. The van der Waals surface area contributed by atoms with E-state index < -0.39 is 9.84 Å².